The number of hydrogen-bond donors (Lipinski definition) is 0. The number of nitriles is 1. The van der Waals surface area contributed by atoms with E-state index < -0.39 is 7.32 Å². The van der Waals surface area contributed by atoms with E-state index in [9.17, 15) is 0 Å². The van der Waals surface area contributed by atoms with Crippen LogP contribution in [0.5, 0.6) is 0 Å². The van der Waals surface area contributed by atoms with E-state index in [0.29, 0.717) is 0 Å². The van der Waals surface area contributed by atoms with Crippen LogP contribution in [0.3, 0.4) is 0 Å². The molecule has 0 aromatic rings. The van der Waals surface area contributed by atoms with E-state index in [1.807, 2.05) is 0 Å². The maximum Gasteiger partial charge on any atom is 1.00 e. The van der Waals surface area contributed by atoms with Crippen molar-refractivity contribution in [2.45, 2.75) is 6.92 Å². The molecular formula is C2H3BNNa3O3. The Hall–Kier alpha value is 2.43. The molecule has 0 unspecified atom stereocenters. The van der Waals surface area contributed by atoms with Gasteiger partial charge in [0.1, 0.15) is 0 Å². The molecule has 0 spiro atoms. The normalized spacial score (nSPS) is 3.50. The molecule has 0 saturated carbocycles. The first kappa shape index (κ1) is 29.4. The van der Waals surface area contributed by atoms with Gasteiger partial charge in [0.05, 0.1) is 6.07 Å². The van der Waals surface area contributed by atoms with Crippen molar-refractivity contribution >= 4 is 7.32 Å². The summed E-state index contributed by atoms with van der Waals surface area (Å²) in [7, 11) is -2.92. The molecule has 0 saturated heterocycles. The molecule has 0 aromatic heterocycles. The van der Waals surface area contributed by atoms with E-state index in [-0.39, 0.29) is 88.7 Å². The van der Waals surface area contributed by atoms with Crippen LogP contribution in [0.25, 0.3) is 0 Å². The number of nitrogens with zero attached hydrogens (tertiary/aromatic N) is 1. The second-order valence-electron chi connectivity index (χ2n) is 0.512. The van der Waals surface area contributed by atoms with Crippen LogP contribution in [0.1, 0.15) is 6.92 Å². The third-order valence-corrected chi connectivity index (χ3v) is 0. The van der Waals surface area contributed by atoms with Crippen molar-refractivity contribution in [3.63, 3.8) is 0 Å². The zero-order valence-electron chi connectivity index (χ0n) is 6.75. The van der Waals surface area contributed by atoms with Gasteiger partial charge in [-0.15, -0.1) is 0 Å². The van der Waals surface area contributed by atoms with E-state index in [2.05, 4.69) is 0 Å². The average molecular weight is 169 g/mol. The summed E-state index contributed by atoms with van der Waals surface area (Å²) >= 11 is 0. The predicted octanol–water partition coefficient (Wildman–Crippen LogP) is -12.4. The molecule has 0 aromatic carbocycles. The summed E-state index contributed by atoms with van der Waals surface area (Å²) in [5.74, 6) is 0. The van der Waals surface area contributed by atoms with Crippen LogP contribution in [-0.2, 0) is 0 Å². The zero-order chi connectivity index (χ0) is 6.28. The summed E-state index contributed by atoms with van der Waals surface area (Å²) in [5.41, 5.74) is 0. The van der Waals surface area contributed by atoms with Gasteiger partial charge in [0, 0.05) is 6.92 Å². The van der Waals surface area contributed by atoms with E-state index in [0.717, 1.165) is 0 Å². The van der Waals surface area contributed by atoms with Crippen LogP contribution in [0, 0.1) is 11.3 Å². The fourth-order valence-electron chi connectivity index (χ4n) is 0. The van der Waals surface area contributed by atoms with E-state index in [1.54, 1.807) is 6.07 Å². The van der Waals surface area contributed by atoms with E-state index in [4.69, 9.17) is 20.3 Å². The monoisotopic (exact) mass is 169 g/mol. The molecule has 0 rings (SSSR count). The number of hydrogen-bond acceptors (Lipinski definition) is 4. The molecule has 8 heteroatoms. The van der Waals surface area contributed by atoms with Crippen LogP contribution < -0.4 is 104 Å². The Morgan fingerprint density at radius 1 is 1.10 bits per heavy atom. The zero-order valence-corrected chi connectivity index (χ0v) is 12.7. The molecular weight excluding hydrogens is 166 g/mol. The summed E-state index contributed by atoms with van der Waals surface area (Å²) in [6.45, 7) is 1.43. The topological polar surface area (TPSA) is 93.0 Å². The van der Waals surface area contributed by atoms with Crippen molar-refractivity contribution in [1.29, 1.82) is 5.26 Å². The largest absolute Gasteiger partial charge is 1.00 e. The molecule has 0 aliphatic carbocycles. The Bertz CT molecular complexity index is 64.5. The Kier molecular flexibility index (Phi) is 88.4. The molecule has 0 aliphatic rings. The average Bonchev–Trinajstić information content (AvgIpc) is 1.33. The Balaban J connectivity index is -0.0000000131. The van der Waals surface area contributed by atoms with Crippen molar-refractivity contribution in [2.75, 3.05) is 0 Å². The first-order valence-electron chi connectivity index (χ1n) is 1.43. The van der Waals surface area contributed by atoms with Gasteiger partial charge in [0.2, 0.25) is 0 Å². The molecule has 0 aliphatic heterocycles. The molecule has 40 valence electrons. The predicted molar refractivity (Wildman–Crippen MR) is 17.0 cm³/mol. The molecule has 0 N–H and O–H groups in total. The smallest absolute Gasteiger partial charge is 0.907 e. The van der Waals surface area contributed by atoms with Gasteiger partial charge >= 0.3 is 88.7 Å². The van der Waals surface area contributed by atoms with Gasteiger partial charge in [-0.2, -0.15) is 5.26 Å². The molecule has 0 radical (unpaired) electrons. The molecule has 0 amide bonds. The van der Waals surface area contributed by atoms with Crippen LogP contribution in [-0.4, -0.2) is 7.32 Å². The first-order valence-corrected chi connectivity index (χ1v) is 1.43. The van der Waals surface area contributed by atoms with Crippen LogP contribution in [0.15, 0.2) is 0 Å². The SMILES string of the molecule is CC#N.[Na+].[Na+].[Na+].[O-]B([O-])[O-]. The van der Waals surface area contributed by atoms with E-state index >= 15 is 0 Å². The van der Waals surface area contributed by atoms with E-state index in [1.165, 1.54) is 6.92 Å². The standard InChI is InChI=1S/C2H3N.BO3.3Na/c1-2-3;2-1(3)4;;;/h1H3;;;;/q;-3;3*+1. The second kappa shape index (κ2) is 30.1. The van der Waals surface area contributed by atoms with Crippen molar-refractivity contribution < 1.29 is 104 Å². The van der Waals surface area contributed by atoms with Crippen LogP contribution >= 0.6 is 0 Å². The molecule has 0 bridgehead atoms. The Morgan fingerprint density at radius 3 is 1.10 bits per heavy atom. The van der Waals surface area contributed by atoms with Crippen molar-refractivity contribution in [1.82, 2.24) is 0 Å². The van der Waals surface area contributed by atoms with Crippen molar-refractivity contribution in [2.24, 2.45) is 0 Å². The van der Waals surface area contributed by atoms with Gasteiger partial charge < -0.3 is 15.1 Å². The van der Waals surface area contributed by atoms with Crippen molar-refractivity contribution in [3.8, 4) is 6.07 Å². The summed E-state index contributed by atoms with van der Waals surface area (Å²) in [6, 6.07) is 1.75. The molecule has 0 fully saturated rings. The van der Waals surface area contributed by atoms with Gasteiger partial charge in [0.15, 0.2) is 0 Å². The van der Waals surface area contributed by atoms with Gasteiger partial charge in [-0.3, -0.25) is 7.32 Å². The summed E-state index contributed by atoms with van der Waals surface area (Å²) in [6.07, 6.45) is 0. The molecule has 10 heavy (non-hydrogen) atoms. The fourth-order valence-corrected chi connectivity index (χ4v) is 0. The summed E-state index contributed by atoms with van der Waals surface area (Å²) in [5, 5.41) is 32.6. The summed E-state index contributed by atoms with van der Waals surface area (Å²) < 4.78 is 0. The first-order chi connectivity index (χ1) is 3.15. The van der Waals surface area contributed by atoms with Gasteiger partial charge in [0.25, 0.3) is 0 Å². The van der Waals surface area contributed by atoms with Gasteiger partial charge in [-0.25, -0.2) is 0 Å². The van der Waals surface area contributed by atoms with Gasteiger partial charge in [-0.1, -0.05) is 0 Å². The minimum atomic E-state index is -2.92. The quantitative estimate of drug-likeness (QED) is 0.336. The molecule has 0 heterocycles. The number of rotatable bonds is 0. The Labute approximate surface area is 127 Å². The summed E-state index contributed by atoms with van der Waals surface area (Å²) in [4.78, 5) is 0. The van der Waals surface area contributed by atoms with Crippen LogP contribution in [0.2, 0.25) is 0 Å². The fraction of sp³-hybridized carbons (Fsp3) is 0.500. The molecule has 0 atom stereocenters. The maximum absolute atomic E-state index is 8.42. The van der Waals surface area contributed by atoms with Crippen LogP contribution in [0.4, 0.5) is 0 Å². The van der Waals surface area contributed by atoms with Crippen molar-refractivity contribution in [3.05, 3.63) is 0 Å². The third-order valence-electron chi connectivity index (χ3n) is 0. The minimum absolute atomic E-state index is 0. The minimum Gasteiger partial charge on any atom is -0.907 e. The van der Waals surface area contributed by atoms with Gasteiger partial charge in [-0.05, 0) is 0 Å². The maximum atomic E-state index is 8.42. The Morgan fingerprint density at radius 2 is 1.10 bits per heavy atom. The third kappa shape index (κ3) is 157. The molecule has 4 nitrogen and oxygen atoms in total. The second-order valence-corrected chi connectivity index (χ2v) is 0.512.